The third kappa shape index (κ3) is 3.45. The van der Waals surface area contributed by atoms with Gasteiger partial charge in [0.25, 0.3) is 0 Å². The van der Waals surface area contributed by atoms with Crippen LogP contribution in [0.2, 0.25) is 0 Å². The lowest BCUT2D eigenvalue weighted by Crippen LogP contribution is -2.41. The lowest BCUT2D eigenvalue weighted by atomic mass is 9.82. The van der Waals surface area contributed by atoms with Gasteiger partial charge in [0.15, 0.2) is 0 Å². The van der Waals surface area contributed by atoms with Crippen molar-refractivity contribution in [2.75, 3.05) is 6.61 Å². The number of hydrogen-bond acceptors (Lipinski definition) is 4. The van der Waals surface area contributed by atoms with Crippen molar-refractivity contribution in [1.82, 2.24) is 4.98 Å². The van der Waals surface area contributed by atoms with E-state index < -0.39 is 5.60 Å². The summed E-state index contributed by atoms with van der Waals surface area (Å²) in [6.45, 7) is 6.71. The first-order valence-electron chi connectivity index (χ1n) is 6.99. The van der Waals surface area contributed by atoms with E-state index in [-0.39, 0.29) is 12.2 Å². The fraction of sp³-hybridized carbons (Fsp3) is 0.667. The molecule has 0 aliphatic carbocycles. The average molecular weight is 265 g/mol. The van der Waals surface area contributed by atoms with Crippen LogP contribution in [0.5, 0.6) is 5.75 Å². The topological polar surface area (TPSA) is 51.6 Å². The van der Waals surface area contributed by atoms with Crippen LogP contribution >= 0.6 is 0 Å². The fourth-order valence-electron chi connectivity index (χ4n) is 2.74. The summed E-state index contributed by atoms with van der Waals surface area (Å²) in [5.41, 5.74) is -0.0431. The molecule has 1 saturated heterocycles. The van der Waals surface area contributed by atoms with Gasteiger partial charge in [0.1, 0.15) is 5.75 Å². The molecule has 19 heavy (non-hydrogen) atoms. The van der Waals surface area contributed by atoms with Gasteiger partial charge in [0.05, 0.1) is 30.6 Å². The zero-order chi connectivity index (χ0) is 13.9. The Morgan fingerprint density at radius 1 is 1.37 bits per heavy atom. The van der Waals surface area contributed by atoms with Crippen LogP contribution in [0.25, 0.3) is 0 Å². The van der Waals surface area contributed by atoms with Crippen molar-refractivity contribution < 1.29 is 14.6 Å². The van der Waals surface area contributed by atoms with E-state index in [1.54, 1.807) is 12.4 Å². The lowest BCUT2D eigenvalue weighted by molar-refractivity contribution is -0.136. The van der Waals surface area contributed by atoms with Gasteiger partial charge in [-0.05, 0) is 26.3 Å². The van der Waals surface area contributed by atoms with Crippen molar-refractivity contribution in [2.24, 2.45) is 0 Å². The molecular formula is C15H23NO3. The summed E-state index contributed by atoms with van der Waals surface area (Å²) in [5, 5.41) is 10.9. The number of aromatic nitrogens is 1. The first-order valence-corrected chi connectivity index (χ1v) is 6.99. The van der Waals surface area contributed by atoms with Crippen molar-refractivity contribution in [2.45, 2.75) is 57.8 Å². The van der Waals surface area contributed by atoms with Crippen LogP contribution in [0.3, 0.4) is 0 Å². The van der Waals surface area contributed by atoms with Crippen LogP contribution in [0.15, 0.2) is 18.5 Å². The fourth-order valence-corrected chi connectivity index (χ4v) is 2.74. The summed E-state index contributed by atoms with van der Waals surface area (Å²) < 4.78 is 11.3. The van der Waals surface area contributed by atoms with Gasteiger partial charge in [0, 0.05) is 24.6 Å². The molecule has 0 bridgehead atoms. The molecule has 1 N–H and O–H groups in total. The van der Waals surface area contributed by atoms with Crippen LogP contribution in [-0.4, -0.2) is 28.9 Å². The summed E-state index contributed by atoms with van der Waals surface area (Å²) in [7, 11) is 0. The van der Waals surface area contributed by atoms with Crippen LogP contribution in [-0.2, 0) is 10.3 Å². The van der Waals surface area contributed by atoms with Gasteiger partial charge in [-0.15, -0.1) is 0 Å². The van der Waals surface area contributed by atoms with Crippen LogP contribution in [0, 0.1) is 0 Å². The minimum Gasteiger partial charge on any atom is -0.492 e. The van der Waals surface area contributed by atoms with E-state index in [1.807, 2.05) is 19.9 Å². The Morgan fingerprint density at radius 3 is 2.68 bits per heavy atom. The average Bonchev–Trinajstić information content (AvgIpc) is 2.35. The number of hydrogen-bond donors (Lipinski definition) is 1. The molecule has 2 unspecified atom stereocenters. The summed E-state index contributed by atoms with van der Waals surface area (Å²) in [6.07, 6.45) is 5.66. The highest BCUT2D eigenvalue weighted by Gasteiger charge is 2.38. The number of pyridine rings is 1. The molecule has 2 heterocycles. The second kappa shape index (κ2) is 5.88. The van der Waals surface area contributed by atoms with Crippen molar-refractivity contribution in [3.8, 4) is 5.75 Å². The standard InChI is InChI=1S/C15H23NO3/c1-4-5-18-14-6-13(9-16-10-14)15(17)7-11(2)19-12(3)8-15/h6,9-12,17H,4-5,7-8H2,1-3H3. The smallest absolute Gasteiger partial charge is 0.137 e. The molecule has 1 aliphatic rings. The Morgan fingerprint density at radius 2 is 2.05 bits per heavy atom. The van der Waals surface area contributed by atoms with E-state index in [4.69, 9.17) is 9.47 Å². The van der Waals surface area contributed by atoms with Gasteiger partial charge in [-0.1, -0.05) is 6.92 Å². The minimum atomic E-state index is -0.865. The Hall–Kier alpha value is -1.13. The maximum Gasteiger partial charge on any atom is 0.137 e. The van der Waals surface area contributed by atoms with Gasteiger partial charge in [-0.2, -0.15) is 0 Å². The van der Waals surface area contributed by atoms with E-state index in [2.05, 4.69) is 11.9 Å². The number of rotatable bonds is 4. The Labute approximate surface area is 114 Å². The summed E-state index contributed by atoms with van der Waals surface area (Å²) in [5.74, 6) is 0.722. The molecule has 1 aromatic rings. The summed E-state index contributed by atoms with van der Waals surface area (Å²) >= 11 is 0. The predicted molar refractivity (Wildman–Crippen MR) is 73.2 cm³/mol. The monoisotopic (exact) mass is 265 g/mol. The molecule has 4 nitrogen and oxygen atoms in total. The Bertz CT molecular complexity index is 412. The Kier molecular flexibility index (Phi) is 4.42. The molecule has 1 aliphatic heterocycles. The molecule has 0 aromatic carbocycles. The summed E-state index contributed by atoms with van der Waals surface area (Å²) in [6, 6.07) is 1.90. The highest BCUT2D eigenvalue weighted by Crippen LogP contribution is 2.37. The molecule has 0 radical (unpaired) electrons. The highest BCUT2D eigenvalue weighted by molar-refractivity contribution is 5.28. The molecule has 0 spiro atoms. The van der Waals surface area contributed by atoms with Gasteiger partial charge in [0.2, 0.25) is 0 Å². The normalized spacial score (nSPS) is 31.2. The van der Waals surface area contributed by atoms with Gasteiger partial charge in [-0.3, -0.25) is 4.98 Å². The van der Waals surface area contributed by atoms with E-state index in [0.717, 1.165) is 17.7 Å². The third-order valence-corrected chi connectivity index (χ3v) is 3.44. The van der Waals surface area contributed by atoms with Crippen LogP contribution in [0.4, 0.5) is 0 Å². The van der Waals surface area contributed by atoms with Crippen molar-refractivity contribution in [3.63, 3.8) is 0 Å². The maximum absolute atomic E-state index is 10.9. The molecule has 1 aromatic heterocycles. The molecule has 2 rings (SSSR count). The molecule has 1 fully saturated rings. The molecule has 0 saturated carbocycles. The van der Waals surface area contributed by atoms with Crippen molar-refractivity contribution >= 4 is 0 Å². The molecule has 106 valence electrons. The predicted octanol–water partition coefficient (Wildman–Crippen LogP) is 2.65. The van der Waals surface area contributed by atoms with Gasteiger partial charge in [-0.25, -0.2) is 0 Å². The first kappa shape index (κ1) is 14.3. The van der Waals surface area contributed by atoms with Crippen LogP contribution in [0.1, 0.15) is 45.6 Å². The van der Waals surface area contributed by atoms with E-state index in [9.17, 15) is 5.11 Å². The molecular weight excluding hydrogens is 242 g/mol. The van der Waals surface area contributed by atoms with E-state index >= 15 is 0 Å². The number of nitrogens with zero attached hydrogens (tertiary/aromatic N) is 1. The highest BCUT2D eigenvalue weighted by atomic mass is 16.5. The Balaban J connectivity index is 2.19. The van der Waals surface area contributed by atoms with Crippen molar-refractivity contribution in [3.05, 3.63) is 24.0 Å². The van der Waals surface area contributed by atoms with E-state index in [0.29, 0.717) is 19.4 Å². The zero-order valence-corrected chi connectivity index (χ0v) is 11.9. The first-order chi connectivity index (χ1) is 9.03. The summed E-state index contributed by atoms with van der Waals surface area (Å²) in [4.78, 5) is 4.18. The van der Waals surface area contributed by atoms with Gasteiger partial charge < -0.3 is 14.6 Å². The molecule has 0 amide bonds. The third-order valence-electron chi connectivity index (χ3n) is 3.44. The number of ether oxygens (including phenoxy) is 2. The molecule has 4 heteroatoms. The second-order valence-corrected chi connectivity index (χ2v) is 5.45. The maximum atomic E-state index is 10.9. The van der Waals surface area contributed by atoms with Crippen LogP contribution < -0.4 is 4.74 Å². The van der Waals surface area contributed by atoms with Gasteiger partial charge >= 0.3 is 0 Å². The van der Waals surface area contributed by atoms with E-state index in [1.165, 1.54) is 0 Å². The lowest BCUT2D eigenvalue weighted by Gasteiger charge is -2.39. The van der Waals surface area contributed by atoms with Crippen molar-refractivity contribution in [1.29, 1.82) is 0 Å². The quantitative estimate of drug-likeness (QED) is 0.909. The zero-order valence-electron chi connectivity index (χ0n) is 11.9. The SMILES string of the molecule is CCCOc1cncc(C2(O)CC(C)OC(C)C2)c1. The minimum absolute atomic E-state index is 0.0500. The molecule has 2 atom stereocenters. The largest absolute Gasteiger partial charge is 0.492 e. The number of aliphatic hydroxyl groups is 1. The second-order valence-electron chi connectivity index (χ2n) is 5.45.